The van der Waals surface area contributed by atoms with Crippen LogP contribution in [0.1, 0.15) is 49.6 Å². The third-order valence-corrected chi connectivity index (χ3v) is 6.47. The van der Waals surface area contributed by atoms with Crippen LogP contribution in [0.5, 0.6) is 0 Å². The Morgan fingerprint density at radius 1 is 1.20 bits per heavy atom. The number of ether oxygens (including phenoxy) is 2. The van der Waals surface area contributed by atoms with Gasteiger partial charge in [0.05, 0.1) is 30.0 Å². The molecule has 0 amide bonds. The first-order valence-electron chi connectivity index (χ1n) is 10.4. The lowest BCUT2D eigenvalue weighted by molar-refractivity contribution is -0.154. The molecule has 2 aromatic carbocycles. The predicted molar refractivity (Wildman–Crippen MR) is 120 cm³/mol. The second-order valence-electron chi connectivity index (χ2n) is 8.79. The molecule has 4 rings (SSSR count). The second kappa shape index (κ2) is 8.12. The Morgan fingerprint density at radius 3 is 2.50 bits per heavy atom. The first-order chi connectivity index (χ1) is 14.3. The van der Waals surface area contributed by atoms with Crippen molar-refractivity contribution in [1.29, 1.82) is 0 Å². The van der Waals surface area contributed by atoms with Gasteiger partial charge in [0.15, 0.2) is 0 Å². The fourth-order valence-corrected chi connectivity index (χ4v) is 4.80. The Balaban J connectivity index is 1.80. The normalized spacial score (nSPS) is 22.8. The fourth-order valence-electron chi connectivity index (χ4n) is 4.51. The number of carbonyl (C=O) groups excluding carboxylic acids is 1. The number of fused-ring (bicyclic) bond motifs is 1. The van der Waals surface area contributed by atoms with Gasteiger partial charge >= 0.3 is 5.97 Å². The molecule has 1 N–H and O–H groups in total. The highest BCUT2D eigenvalue weighted by Crippen LogP contribution is 2.54. The fraction of sp³-hybridized carbons (Fsp3) is 0.458. The standard InChI is InChI=1S/C24H29ClN2O3/c1-15-5-7-17(8-6-15)22-24(3,4)23(30-16(2)28)18-13-21(19(25)14-20(18)26-22)27-9-11-29-12-10-27/h5-8,13-14,22-23,26H,9-12H2,1-4H3/t22-,23+/m0/s1. The number of halogens is 1. The Kier molecular flexibility index (Phi) is 5.69. The summed E-state index contributed by atoms with van der Waals surface area (Å²) >= 11 is 6.70. The number of esters is 1. The Bertz CT molecular complexity index is 936. The summed E-state index contributed by atoms with van der Waals surface area (Å²) in [6.45, 7) is 10.8. The molecule has 0 bridgehead atoms. The number of hydrogen-bond donors (Lipinski definition) is 1. The first-order valence-corrected chi connectivity index (χ1v) is 10.8. The minimum absolute atomic E-state index is 0.0275. The summed E-state index contributed by atoms with van der Waals surface area (Å²) in [5.74, 6) is -0.286. The van der Waals surface area contributed by atoms with E-state index in [0.717, 1.165) is 35.6 Å². The van der Waals surface area contributed by atoms with E-state index in [1.165, 1.54) is 12.5 Å². The molecule has 0 aromatic heterocycles. The molecule has 1 saturated heterocycles. The van der Waals surface area contributed by atoms with Gasteiger partial charge in [0.2, 0.25) is 0 Å². The summed E-state index contributed by atoms with van der Waals surface area (Å²) in [7, 11) is 0. The van der Waals surface area contributed by atoms with E-state index >= 15 is 0 Å². The maximum Gasteiger partial charge on any atom is 0.303 e. The van der Waals surface area contributed by atoms with E-state index < -0.39 is 6.10 Å². The van der Waals surface area contributed by atoms with Crippen LogP contribution in [-0.2, 0) is 14.3 Å². The number of rotatable bonds is 3. The van der Waals surface area contributed by atoms with Gasteiger partial charge in [-0.25, -0.2) is 0 Å². The molecule has 30 heavy (non-hydrogen) atoms. The summed E-state index contributed by atoms with van der Waals surface area (Å²) in [6.07, 6.45) is -0.394. The number of nitrogens with one attached hydrogen (secondary N) is 1. The third-order valence-electron chi connectivity index (χ3n) is 6.17. The van der Waals surface area contributed by atoms with E-state index in [4.69, 9.17) is 21.1 Å². The van der Waals surface area contributed by atoms with Crippen molar-refractivity contribution >= 4 is 28.9 Å². The first kappa shape index (κ1) is 21.0. The molecule has 5 nitrogen and oxygen atoms in total. The van der Waals surface area contributed by atoms with Crippen LogP contribution >= 0.6 is 11.6 Å². The van der Waals surface area contributed by atoms with Crippen molar-refractivity contribution in [3.63, 3.8) is 0 Å². The average molecular weight is 429 g/mol. The highest BCUT2D eigenvalue weighted by Gasteiger charge is 2.46. The lowest BCUT2D eigenvalue weighted by Gasteiger charge is -2.46. The van der Waals surface area contributed by atoms with Gasteiger partial charge in [-0.2, -0.15) is 0 Å². The number of nitrogens with zero attached hydrogens (tertiary/aromatic N) is 1. The summed E-state index contributed by atoms with van der Waals surface area (Å²) in [6, 6.07) is 12.5. The van der Waals surface area contributed by atoms with Crippen molar-refractivity contribution in [2.45, 2.75) is 39.8 Å². The summed E-state index contributed by atoms with van der Waals surface area (Å²) in [5.41, 5.74) is 4.83. The minimum Gasteiger partial charge on any atom is -0.457 e. The van der Waals surface area contributed by atoms with Gasteiger partial charge in [0, 0.05) is 36.7 Å². The Morgan fingerprint density at radius 2 is 1.87 bits per heavy atom. The zero-order valence-electron chi connectivity index (χ0n) is 18.0. The molecular formula is C24H29ClN2O3. The predicted octanol–water partition coefficient (Wildman–Crippen LogP) is 5.28. The van der Waals surface area contributed by atoms with Crippen molar-refractivity contribution in [2.75, 3.05) is 36.5 Å². The van der Waals surface area contributed by atoms with Crippen LogP contribution in [0.3, 0.4) is 0 Å². The zero-order chi connectivity index (χ0) is 21.5. The molecule has 160 valence electrons. The molecule has 2 aliphatic heterocycles. The van der Waals surface area contributed by atoms with Crippen LogP contribution in [0.15, 0.2) is 36.4 Å². The average Bonchev–Trinajstić information content (AvgIpc) is 2.71. The van der Waals surface area contributed by atoms with Gasteiger partial charge in [-0.05, 0) is 24.6 Å². The summed E-state index contributed by atoms with van der Waals surface area (Å²) < 4.78 is 11.4. The number of hydrogen-bond acceptors (Lipinski definition) is 5. The highest BCUT2D eigenvalue weighted by atomic mass is 35.5. The van der Waals surface area contributed by atoms with Crippen molar-refractivity contribution in [3.8, 4) is 0 Å². The second-order valence-corrected chi connectivity index (χ2v) is 9.20. The van der Waals surface area contributed by atoms with Crippen molar-refractivity contribution in [3.05, 3.63) is 58.1 Å². The summed E-state index contributed by atoms with van der Waals surface area (Å²) in [4.78, 5) is 14.3. The van der Waals surface area contributed by atoms with Gasteiger partial charge in [-0.1, -0.05) is 55.3 Å². The molecule has 2 aliphatic rings. The number of morpholine rings is 1. The highest BCUT2D eigenvalue weighted by molar-refractivity contribution is 6.33. The lowest BCUT2D eigenvalue weighted by Crippen LogP contribution is -2.41. The van der Waals surface area contributed by atoms with Gasteiger partial charge in [-0.15, -0.1) is 0 Å². The topological polar surface area (TPSA) is 50.8 Å². The van der Waals surface area contributed by atoms with E-state index in [0.29, 0.717) is 18.2 Å². The SMILES string of the molecule is CC(=O)O[C@@H]1c2cc(N3CCOCC3)c(Cl)cc2N[C@@H](c2ccc(C)cc2)C1(C)C. The molecule has 0 radical (unpaired) electrons. The lowest BCUT2D eigenvalue weighted by atomic mass is 9.70. The smallest absolute Gasteiger partial charge is 0.303 e. The van der Waals surface area contributed by atoms with Crippen LogP contribution in [-0.4, -0.2) is 32.3 Å². The molecule has 0 spiro atoms. The van der Waals surface area contributed by atoms with Crippen LogP contribution in [0, 0.1) is 12.3 Å². The monoisotopic (exact) mass is 428 g/mol. The molecular weight excluding hydrogens is 400 g/mol. The zero-order valence-corrected chi connectivity index (χ0v) is 18.8. The van der Waals surface area contributed by atoms with Crippen molar-refractivity contribution in [2.24, 2.45) is 5.41 Å². The molecule has 2 heterocycles. The van der Waals surface area contributed by atoms with Gasteiger partial charge in [0.1, 0.15) is 6.10 Å². The third kappa shape index (κ3) is 3.88. The maximum absolute atomic E-state index is 12.1. The van der Waals surface area contributed by atoms with Crippen LogP contribution in [0.4, 0.5) is 11.4 Å². The molecule has 0 aliphatic carbocycles. The van der Waals surface area contributed by atoms with Crippen molar-refractivity contribution in [1.82, 2.24) is 0 Å². The summed E-state index contributed by atoms with van der Waals surface area (Å²) in [5, 5.41) is 4.37. The molecule has 2 aromatic rings. The maximum atomic E-state index is 12.1. The van der Waals surface area contributed by atoms with Crippen LogP contribution < -0.4 is 10.2 Å². The van der Waals surface area contributed by atoms with E-state index in [1.807, 2.05) is 6.07 Å². The van der Waals surface area contributed by atoms with Gasteiger partial charge in [-0.3, -0.25) is 4.79 Å². The van der Waals surface area contributed by atoms with E-state index in [9.17, 15) is 4.79 Å². The quantitative estimate of drug-likeness (QED) is 0.674. The Labute approximate surface area is 183 Å². The molecule has 1 fully saturated rings. The van der Waals surface area contributed by atoms with Crippen LogP contribution in [0.25, 0.3) is 0 Å². The van der Waals surface area contributed by atoms with Gasteiger partial charge < -0.3 is 19.7 Å². The van der Waals surface area contributed by atoms with E-state index in [2.05, 4.69) is 61.3 Å². The number of carbonyl (C=O) groups is 1. The van der Waals surface area contributed by atoms with E-state index in [1.54, 1.807) is 0 Å². The minimum atomic E-state index is -0.394. The molecule has 2 atom stereocenters. The van der Waals surface area contributed by atoms with Gasteiger partial charge in [0.25, 0.3) is 0 Å². The largest absolute Gasteiger partial charge is 0.457 e. The molecule has 6 heteroatoms. The van der Waals surface area contributed by atoms with Crippen molar-refractivity contribution < 1.29 is 14.3 Å². The number of benzene rings is 2. The molecule has 0 saturated carbocycles. The number of anilines is 2. The number of aryl methyl sites for hydroxylation is 1. The molecule has 0 unspecified atom stereocenters. The van der Waals surface area contributed by atoms with Crippen LogP contribution in [0.2, 0.25) is 5.02 Å². The van der Waals surface area contributed by atoms with E-state index in [-0.39, 0.29) is 17.4 Å². The Hall–Kier alpha value is -2.24.